The molecule has 3 heteroatoms. The van der Waals surface area contributed by atoms with Gasteiger partial charge in [-0.3, -0.25) is 0 Å². The highest BCUT2D eigenvalue weighted by Crippen LogP contribution is 2.43. The molecule has 1 aliphatic carbocycles. The number of hydrogen-bond acceptors (Lipinski definition) is 2. The van der Waals surface area contributed by atoms with Crippen molar-refractivity contribution >= 4 is 49.2 Å². The molecule has 5 aromatic carbocycles. The molecule has 0 heterocycles. The van der Waals surface area contributed by atoms with E-state index >= 15 is 0 Å². The summed E-state index contributed by atoms with van der Waals surface area (Å²) in [6.07, 6.45) is 1.63. The van der Waals surface area contributed by atoms with Crippen LogP contribution in [0.15, 0.2) is 60.7 Å². The standard InChI is InChI=1S/C24H15FO2/c25-16-5-3-12-9-13-1-2-14-10-15-4-8-20(26)24(27)23(15)18-7-6-17(19(12)11-16)21(13)22(14)18/h1-11,20,24,26-27H. The van der Waals surface area contributed by atoms with E-state index in [1.54, 1.807) is 12.1 Å². The number of rotatable bonds is 0. The number of aliphatic hydroxyl groups is 2. The first-order chi connectivity index (χ1) is 13.1. The molecule has 0 aliphatic heterocycles. The van der Waals surface area contributed by atoms with Crippen molar-refractivity contribution < 1.29 is 14.6 Å². The summed E-state index contributed by atoms with van der Waals surface area (Å²) in [4.78, 5) is 0. The molecule has 5 aromatic rings. The first kappa shape index (κ1) is 15.1. The maximum Gasteiger partial charge on any atom is 0.123 e. The van der Waals surface area contributed by atoms with E-state index < -0.39 is 12.2 Å². The summed E-state index contributed by atoms with van der Waals surface area (Å²) in [5.41, 5.74) is 1.68. The third kappa shape index (κ3) is 1.90. The van der Waals surface area contributed by atoms with Crippen molar-refractivity contribution in [1.82, 2.24) is 0 Å². The van der Waals surface area contributed by atoms with Crippen molar-refractivity contribution in [2.75, 3.05) is 0 Å². The summed E-state index contributed by atoms with van der Waals surface area (Å²) in [5.74, 6) is -0.251. The molecule has 1 aliphatic rings. The second-order valence-electron chi connectivity index (χ2n) is 7.34. The van der Waals surface area contributed by atoms with Crippen LogP contribution in [0.2, 0.25) is 0 Å². The number of benzene rings is 5. The fourth-order valence-corrected chi connectivity index (χ4v) is 4.64. The highest BCUT2D eigenvalue weighted by Gasteiger charge is 2.26. The topological polar surface area (TPSA) is 40.5 Å². The fourth-order valence-electron chi connectivity index (χ4n) is 4.64. The molecule has 0 bridgehead atoms. The molecule has 27 heavy (non-hydrogen) atoms. The van der Waals surface area contributed by atoms with Gasteiger partial charge < -0.3 is 10.2 Å². The number of fused-ring (bicyclic) bond motifs is 4. The Labute approximate surface area is 154 Å². The van der Waals surface area contributed by atoms with Gasteiger partial charge in [-0.1, -0.05) is 42.5 Å². The largest absolute Gasteiger partial charge is 0.386 e. The van der Waals surface area contributed by atoms with Crippen molar-refractivity contribution in [3.63, 3.8) is 0 Å². The smallest absolute Gasteiger partial charge is 0.123 e. The summed E-state index contributed by atoms with van der Waals surface area (Å²) >= 11 is 0. The molecule has 0 radical (unpaired) electrons. The van der Waals surface area contributed by atoms with Gasteiger partial charge in [-0.15, -0.1) is 0 Å². The number of aliphatic hydroxyl groups excluding tert-OH is 2. The molecule has 0 aromatic heterocycles. The Morgan fingerprint density at radius 2 is 1.41 bits per heavy atom. The molecule has 130 valence electrons. The van der Waals surface area contributed by atoms with Crippen LogP contribution in [0.1, 0.15) is 17.2 Å². The Morgan fingerprint density at radius 3 is 2.26 bits per heavy atom. The van der Waals surface area contributed by atoms with Crippen LogP contribution in [-0.4, -0.2) is 16.3 Å². The van der Waals surface area contributed by atoms with Gasteiger partial charge in [0.05, 0.1) is 0 Å². The van der Waals surface area contributed by atoms with Crippen LogP contribution in [0.3, 0.4) is 0 Å². The summed E-state index contributed by atoms with van der Waals surface area (Å²) in [5, 5.41) is 28.8. The molecule has 0 spiro atoms. The minimum absolute atomic E-state index is 0.251. The maximum atomic E-state index is 13.9. The van der Waals surface area contributed by atoms with E-state index in [0.717, 1.165) is 54.2 Å². The van der Waals surface area contributed by atoms with Crippen LogP contribution in [0.4, 0.5) is 4.39 Å². The molecular formula is C24H15FO2. The van der Waals surface area contributed by atoms with Crippen LogP contribution in [-0.2, 0) is 0 Å². The lowest BCUT2D eigenvalue weighted by Crippen LogP contribution is -2.19. The fraction of sp³-hybridized carbons (Fsp3) is 0.0833. The van der Waals surface area contributed by atoms with Crippen LogP contribution in [0.5, 0.6) is 0 Å². The maximum absolute atomic E-state index is 13.9. The predicted molar refractivity (Wildman–Crippen MR) is 108 cm³/mol. The Kier molecular flexibility index (Phi) is 2.81. The van der Waals surface area contributed by atoms with Gasteiger partial charge in [0, 0.05) is 0 Å². The van der Waals surface area contributed by atoms with E-state index in [2.05, 4.69) is 24.3 Å². The van der Waals surface area contributed by atoms with Gasteiger partial charge in [0.25, 0.3) is 0 Å². The van der Waals surface area contributed by atoms with Gasteiger partial charge in [-0.05, 0) is 78.5 Å². The molecule has 0 amide bonds. The highest BCUT2D eigenvalue weighted by atomic mass is 19.1. The molecule has 0 saturated heterocycles. The molecule has 0 saturated carbocycles. The summed E-state index contributed by atoms with van der Waals surface area (Å²) in [6.45, 7) is 0. The van der Waals surface area contributed by atoms with Crippen molar-refractivity contribution in [3.05, 3.63) is 77.6 Å². The Balaban J connectivity index is 1.88. The van der Waals surface area contributed by atoms with E-state index in [1.807, 2.05) is 24.3 Å². The SMILES string of the molecule is OC1C=Cc2cc3ccc4cc5ccc(F)cc5c5ccc(c2C1O)c3c45. The normalized spacial score (nSPS) is 19.5. The molecule has 2 N–H and O–H groups in total. The van der Waals surface area contributed by atoms with Gasteiger partial charge in [-0.2, -0.15) is 0 Å². The van der Waals surface area contributed by atoms with Crippen LogP contribution >= 0.6 is 0 Å². The molecule has 2 unspecified atom stereocenters. The third-order valence-corrected chi connectivity index (χ3v) is 5.85. The van der Waals surface area contributed by atoms with E-state index in [0.29, 0.717) is 0 Å². The van der Waals surface area contributed by atoms with Crippen molar-refractivity contribution in [2.45, 2.75) is 12.2 Å². The zero-order valence-corrected chi connectivity index (χ0v) is 14.3. The van der Waals surface area contributed by atoms with Crippen LogP contribution < -0.4 is 0 Å². The van der Waals surface area contributed by atoms with Crippen molar-refractivity contribution in [3.8, 4) is 0 Å². The number of hydrogen-bond donors (Lipinski definition) is 2. The second kappa shape index (κ2) is 5.03. The lowest BCUT2D eigenvalue weighted by Gasteiger charge is -2.25. The van der Waals surface area contributed by atoms with E-state index in [-0.39, 0.29) is 5.82 Å². The Hall–Kier alpha value is -3.01. The summed E-state index contributed by atoms with van der Waals surface area (Å²) in [6, 6.07) is 17.2. The molecule has 2 nitrogen and oxygen atoms in total. The van der Waals surface area contributed by atoms with Gasteiger partial charge >= 0.3 is 0 Å². The lowest BCUT2D eigenvalue weighted by atomic mass is 9.83. The van der Waals surface area contributed by atoms with Gasteiger partial charge in [0.2, 0.25) is 0 Å². The average molecular weight is 354 g/mol. The predicted octanol–water partition coefficient (Wildman–Crippen LogP) is 5.30. The van der Waals surface area contributed by atoms with Crippen LogP contribution in [0.25, 0.3) is 49.2 Å². The third-order valence-electron chi connectivity index (χ3n) is 5.85. The van der Waals surface area contributed by atoms with E-state index in [4.69, 9.17) is 0 Å². The first-order valence-corrected chi connectivity index (χ1v) is 9.00. The molecular weight excluding hydrogens is 339 g/mol. The minimum atomic E-state index is -0.955. The summed E-state index contributed by atoms with van der Waals surface area (Å²) in [7, 11) is 0. The van der Waals surface area contributed by atoms with Crippen molar-refractivity contribution in [1.29, 1.82) is 0 Å². The summed E-state index contributed by atoms with van der Waals surface area (Å²) < 4.78 is 13.9. The van der Waals surface area contributed by atoms with Gasteiger partial charge in [0.15, 0.2) is 0 Å². The van der Waals surface area contributed by atoms with E-state index in [1.165, 1.54) is 6.07 Å². The van der Waals surface area contributed by atoms with Gasteiger partial charge in [-0.25, -0.2) is 4.39 Å². The van der Waals surface area contributed by atoms with Crippen LogP contribution in [0, 0.1) is 5.82 Å². The molecule has 6 rings (SSSR count). The van der Waals surface area contributed by atoms with Gasteiger partial charge in [0.1, 0.15) is 18.0 Å². The quantitative estimate of drug-likeness (QED) is 0.293. The van der Waals surface area contributed by atoms with Crippen molar-refractivity contribution in [2.24, 2.45) is 0 Å². The zero-order chi connectivity index (χ0) is 18.3. The number of halogens is 1. The average Bonchev–Trinajstić information content (AvgIpc) is 2.68. The monoisotopic (exact) mass is 354 g/mol. The zero-order valence-electron chi connectivity index (χ0n) is 14.3. The Bertz CT molecular complexity index is 1420. The highest BCUT2D eigenvalue weighted by molar-refractivity contribution is 6.29. The minimum Gasteiger partial charge on any atom is -0.386 e. The Morgan fingerprint density at radius 1 is 0.704 bits per heavy atom. The molecule has 2 atom stereocenters. The van der Waals surface area contributed by atoms with E-state index in [9.17, 15) is 14.6 Å². The molecule has 0 fully saturated rings. The first-order valence-electron chi connectivity index (χ1n) is 9.00. The second-order valence-corrected chi connectivity index (χ2v) is 7.34. The lowest BCUT2D eigenvalue weighted by molar-refractivity contribution is 0.0480.